The van der Waals surface area contributed by atoms with Crippen molar-refractivity contribution in [2.24, 2.45) is 13.0 Å². The van der Waals surface area contributed by atoms with Crippen LogP contribution >= 0.6 is 0 Å². The lowest BCUT2D eigenvalue weighted by Crippen LogP contribution is -2.43. The van der Waals surface area contributed by atoms with Gasteiger partial charge >= 0.3 is 0 Å². The predicted octanol–water partition coefficient (Wildman–Crippen LogP) is 6.34. The van der Waals surface area contributed by atoms with Crippen molar-refractivity contribution in [1.29, 1.82) is 0 Å². The molecule has 10 nitrogen and oxygen atoms in total. The lowest BCUT2D eigenvalue weighted by Gasteiger charge is -2.36. The fraction of sp³-hybridized carbons (Fsp3) is 0.545. The first-order valence-corrected chi connectivity index (χ1v) is 15.6. The lowest BCUT2D eigenvalue weighted by molar-refractivity contribution is -0.119. The second-order valence-electron chi connectivity index (χ2n) is 13.1. The van der Waals surface area contributed by atoms with Gasteiger partial charge in [-0.25, -0.2) is 15.0 Å². The molecule has 1 aliphatic carbocycles. The number of carbonyl (C=O) groups is 1. The number of anilines is 1. The maximum absolute atomic E-state index is 13.3. The topological polar surface area (TPSA) is 108 Å². The summed E-state index contributed by atoms with van der Waals surface area (Å²) in [5, 5.41) is 9.06. The standard InChI is InChI=1S/C33H45N9O/c1-8-9-31(43)42(30-20-34-28(19-36-30)24-17-37-40(7)21-24)25-12-10-23(11-13-25)16-29-35-18-26(33(4,5)6)32(38-29)27-14-15-41(39-27)22(2)3/h14-15,17-23,25H,8-13,16H2,1-7H3. The summed E-state index contributed by atoms with van der Waals surface area (Å²) in [5.74, 6) is 2.06. The zero-order chi connectivity index (χ0) is 30.7. The highest BCUT2D eigenvalue weighted by Crippen LogP contribution is 2.34. The van der Waals surface area contributed by atoms with E-state index in [1.807, 2.05) is 42.1 Å². The smallest absolute Gasteiger partial charge is 0.228 e. The van der Waals surface area contributed by atoms with Crippen LogP contribution in [-0.2, 0) is 23.7 Å². The third-order valence-electron chi connectivity index (χ3n) is 8.30. The first kappa shape index (κ1) is 30.5. The molecule has 228 valence electrons. The lowest BCUT2D eigenvalue weighted by atomic mass is 9.82. The van der Waals surface area contributed by atoms with Crippen molar-refractivity contribution in [1.82, 2.24) is 39.5 Å². The summed E-state index contributed by atoms with van der Waals surface area (Å²) in [6, 6.07) is 2.45. The van der Waals surface area contributed by atoms with Crippen molar-refractivity contribution in [3.8, 4) is 22.6 Å². The van der Waals surface area contributed by atoms with Gasteiger partial charge in [0.2, 0.25) is 5.91 Å². The van der Waals surface area contributed by atoms with Gasteiger partial charge in [0.15, 0.2) is 5.82 Å². The minimum absolute atomic E-state index is 0.0961. The van der Waals surface area contributed by atoms with Crippen LogP contribution in [0.5, 0.6) is 0 Å². The van der Waals surface area contributed by atoms with Crippen LogP contribution in [0.15, 0.2) is 43.2 Å². The molecule has 4 heterocycles. The Morgan fingerprint density at radius 2 is 1.79 bits per heavy atom. The summed E-state index contributed by atoms with van der Waals surface area (Å²) < 4.78 is 3.72. The Kier molecular flexibility index (Phi) is 9.03. The number of aryl methyl sites for hydroxylation is 1. The Bertz CT molecular complexity index is 1520. The van der Waals surface area contributed by atoms with Crippen molar-refractivity contribution < 1.29 is 4.79 Å². The van der Waals surface area contributed by atoms with E-state index < -0.39 is 0 Å². The second kappa shape index (κ2) is 12.7. The van der Waals surface area contributed by atoms with E-state index in [1.165, 1.54) is 0 Å². The Balaban J connectivity index is 1.30. The van der Waals surface area contributed by atoms with E-state index in [0.717, 1.165) is 72.6 Å². The van der Waals surface area contributed by atoms with E-state index >= 15 is 0 Å². The number of hydrogen-bond acceptors (Lipinski definition) is 7. The summed E-state index contributed by atoms with van der Waals surface area (Å²) in [6.45, 7) is 12.9. The molecule has 0 bridgehead atoms. The fourth-order valence-electron chi connectivity index (χ4n) is 5.88. The third kappa shape index (κ3) is 7.00. The van der Waals surface area contributed by atoms with Gasteiger partial charge in [-0.2, -0.15) is 10.2 Å². The van der Waals surface area contributed by atoms with E-state index in [-0.39, 0.29) is 23.4 Å². The van der Waals surface area contributed by atoms with Crippen LogP contribution in [0.25, 0.3) is 22.6 Å². The Morgan fingerprint density at radius 1 is 1.02 bits per heavy atom. The molecule has 0 saturated heterocycles. The largest absolute Gasteiger partial charge is 0.292 e. The minimum Gasteiger partial charge on any atom is -0.292 e. The predicted molar refractivity (Wildman–Crippen MR) is 168 cm³/mol. The second-order valence-corrected chi connectivity index (χ2v) is 13.1. The van der Waals surface area contributed by atoms with Gasteiger partial charge in [-0.15, -0.1) is 0 Å². The van der Waals surface area contributed by atoms with Gasteiger partial charge in [0.05, 0.1) is 30.0 Å². The van der Waals surface area contributed by atoms with Crippen molar-refractivity contribution in [3.05, 3.63) is 54.6 Å². The fourth-order valence-corrected chi connectivity index (χ4v) is 5.88. The molecule has 4 aromatic heterocycles. The molecule has 1 aliphatic rings. The first-order valence-electron chi connectivity index (χ1n) is 15.6. The normalized spacial score (nSPS) is 17.4. The number of carbonyl (C=O) groups excluding carboxylic acids is 1. The molecule has 10 heteroatoms. The van der Waals surface area contributed by atoms with Gasteiger partial charge < -0.3 is 0 Å². The maximum atomic E-state index is 13.3. The summed E-state index contributed by atoms with van der Waals surface area (Å²) in [6.07, 6.45) is 17.1. The summed E-state index contributed by atoms with van der Waals surface area (Å²) in [5.41, 5.74) is 4.48. The molecule has 0 atom stereocenters. The molecular weight excluding hydrogens is 538 g/mol. The SMILES string of the molecule is CCCC(=O)N(c1cnc(-c2cnn(C)c2)cn1)C1CCC(Cc2ncc(C(C)(C)C)c(-c3ccn(C(C)C)n3)n2)CC1. The van der Waals surface area contributed by atoms with Crippen molar-refractivity contribution >= 4 is 11.7 Å². The van der Waals surface area contributed by atoms with Gasteiger partial charge in [0, 0.05) is 61.7 Å². The third-order valence-corrected chi connectivity index (χ3v) is 8.30. The monoisotopic (exact) mass is 583 g/mol. The minimum atomic E-state index is -0.0961. The summed E-state index contributed by atoms with van der Waals surface area (Å²) in [4.78, 5) is 34.4. The van der Waals surface area contributed by atoms with Crippen LogP contribution in [0.3, 0.4) is 0 Å². The molecule has 0 N–H and O–H groups in total. The highest BCUT2D eigenvalue weighted by Gasteiger charge is 2.31. The Labute approximate surface area is 255 Å². The van der Waals surface area contributed by atoms with Crippen LogP contribution in [0.4, 0.5) is 5.82 Å². The molecule has 43 heavy (non-hydrogen) atoms. The zero-order valence-corrected chi connectivity index (χ0v) is 26.7. The van der Waals surface area contributed by atoms with E-state index in [0.29, 0.717) is 18.2 Å². The van der Waals surface area contributed by atoms with Gasteiger partial charge in [0.25, 0.3) is 0 Å². The molecule has 0 spiro atoms. The highest BCUT2D eigenvalue weighted by molar-refractivity contribution is 5.93. The molecule has 4 aromatic rings. The molecule has 0 aromatic carbocycles. The number of hydrogen-bond donors (Lipinski definition) is 0. The van der Waals surface area contributed by atoms with Crippen molar-refractivity contribution in [3.63, 3.8) is 0 Å². The maximum Gasteiger partial charge on any atom is 0.228 e. The molecular formula is C33H45N9O. The van der Waals surface area contributed by atoms with E-state index in [2.05, 4.69) is 55.8 Å². The molecule has 1 fully saturated rings. The number of aromatic nitrogens is 8. The van der Waals surface area contributed by atoms with Gasteiger partial charge in [-0.1, -0.05) is 27.7 Å². The van der Waals surface area contributed by atoms with Crippen LogP contribution < -0.4 is 4.90 Å². The molecule has 0 unspecified atom stereocenters. The van der Waals surface area contributed by atoms with Crippen LogP contribution in [-0.4, -0.2) is 51.4 Å². The molecule has 0 aliphatic heterocycles. The van der Waals surface area contributed by atoms with E-state index in [1.54, 1.807) is 23.3 Å². The number of amides is 1. The van der Waals surface area contributed by atoms with Gasteiger partial charge in [-0.05, 0) is 63.4 Å². The Hall–Kier alpha value is -3.95. The molecule has 1 saturated carbocycles. The zero-order valence-electron chi connectivity index (χ0n) is 26.7. The number of nitrogens with zero attached hydrogens (tertiary/aromatic N) is 9. The van der Waals surface area contributed by atoms with Crippen molar-refractivity contribution in [2.75, 3.05) is 4.90 Å². The average Bonchev–Trinajstić information content (AvgIpc) is 3.64. The summed E-state index contributed by atoms with van der Waals surface area (Å²) in [7, 11) is 1.88. The van der Waals surface area contributed by atoms with Gasteiger partial charge in [0.1, 0.15) is 11.5 Å². The first-order chi connectivity index (χ1) is 20.5. The quantitative estimate of drug-likeness (QED) is 0.226. The molecule has 1 amide bonds. The molecule has 0 radical (unpaired) electrons. The van der Waals surface area contributed by atoms with E-state index in [9.17, 15) is 4.79 Å². The van der Waals surface area contributed by atoms with E-state index in [4.69, 9.17) is 15.1 Å². The highest BCUT2D eigenvalue weighted by atomic mass is 16.2. The average molecular weight is 584 g/mol. The van der Waals surface area contributed by atoms with Gasteiger partial charge in [-0.3, -0.25) is 24.0 Å². The van der Waals surface area contributed by atoms with Crippen LogP contribution in [0.1, 0.15) is 97.5 Å². The Morgan fingerprint density at radius 3 is 2.37 bits per heavy atom. The number of rotatable bonds is 9. The van der Waals surface area contributed by atoms with Crippen LogP contribution in [0.2, 0.25) is 0 Å². The molecule has 5 rings (SSSR count). The van der Waals surface area contributed by atoms with Crippen LogP contribution in [0, 0.1) is 5.92 Å². The summed E-state index contributed by atoms with van der Waals surface area (Å²) >= 11 is 0. The van der Waals surface area contributed by atoms with Crippen molar-refractivity contribution in [2.45, 2.75) is 104 Å².